The largest absolute Gasteiger partial charge is 0.417 e. The Kier molecular flexibility index (Phi) is 2.66. The van der Waals surface area contributed by atoms with Gasteiger partial charge in [0.25, 0.3) is 5.56 Å². The van der Waals surface area contributed by atoms with Crippen LogP contribution in [0.25, 0.3) is 11.1 Å². The van der Waals surface area contributed by atoms with Gasteiger partial charge in [-0.1, -0.05) is 0 Å². The third kappa shape index (κ3) is 2.17. The van der Waals surface area contributed by atoms with Crippen molar-refractivity contribution in [1.29, 1.82) is 0 Å². The van der Waals surface area contributed by atoms with Gasteiger partial charge in [-0.2, -0.15) is 13.2 Å². The molecule has 2 heterocycles. The molecule has 0 unspecified atom stereocenters. The molecule has 0 aliphatic heterocycles. The molecule has 2 aromatic heterocycles. The van der Waals surface area contributed by atoms with Gasteiger partial charge in [-0.15, -0.1) is 0 Å². The van der Waals surface area contributed by atoms with E-state index in [1.54, 1.807) is 0 Å². The van der Waals surface area contributed by atoms with Gasteiger partial charge in [0.15, 0.2) is 0 Å². The zero-order valence-corrected chi connectivity index (χ0v) is 8.32. The molecule has 0 radical (unpaired) electrons. The van der Waals surface area contributed by atoms with Crippen LogP contribution in [0.15, 0.2) is 35.8 Å². The second-order valence-electron chi connectivity index (χ2n) is 3.21. The average molecular weight is 241 g/mol. The maximum atomic E-state index is 12.7. The Balaban J connectivity index is 2.69. The molecule has 0 bridgehead atoms. The van der Waals surface area contributed by atoms with Gasteiger partial charge in [0.05, 0.1) is 17.5 Å². The van der Waals surface area contributed by atoms with Gasteiger partial charge >= 0.3 is 6.18 Å². The lowest BCUT2D eigenvalue weighted by Gasteiger charge is -2.10. The minimum Gasteiger partial charge on any atom is -0.313 e. The fourth-order valence-corrected chi connectivity index (χ4v) is 1.39. The highest BCUT2D eigenvalue weighted by Gasteiger charge is 2.34. The molecule has 0 fully saturated rings. The van der Waals surface area contributed by atoms with Gasteiger partial charge < -0.3 is 4.98 Å². The molecule has 4 nitrogen and oxygen atoms in total. The highest BCUT2D eigenvalue weighted by molar-refractivity contribution is 5.65. The molecule has 17 heavy (non-hydrogen) atoms. The summed E-state index contributed by atoms with van der Waals surface area (Å²) in [4.78, 5) is 20.8. The molecule has 0 saturated carbocycles. The van der Waals surface area contributed by atoms with Crippen molar-refractivity contribution in [2.24, 2.45) is 0 Å². The molecule has 0 aromatic carbocycles. The lowest BCUT2D eigenvalue weighted by molar-refractivity contribution is -0.137. The van der Waals surface area contributed by atoms with Gasteiger partial charge in [-0.3, -0.25) is 9.78 Å². The molecule has 0 amide bonds. The van der Waals surface area contributed by atoms with Crippen molar-refractivity contribution >= 4 is 0 Å². The quantitative estimate of drug-likeness (QED) is 0.828. The van der Waals surface area contributed by atoms with E-state index in [-0.39, 0.29) is 11.1 Å². The summed E-state index contributed by atoms with van der Waals surface area (Å²) in [7, 11) is 0. The van der Waals surface area contributed by atoms with Crippen LogP contribution in [-0.2, 0) is 6.18 Å². The van der Waals surface area contributed by atoms with E-state index in [0.717, 1.165) is 31.0 Å². The number of halogens is 3. The van der Waals surface area contributed by atoms with E-state index < -0.39 is 17.3 Å². The van der Waals surface area contributed by atoms with Crippen LogP contribution in [0.1, 0.15) is 5.56 Å². The topological polar surface area (TPSA) is 58.6 Å². The first kappa shape index (κ1) is 11.3. The minimum absolute atomic E-state index is 0.159. The Morgan fingerprint density at radius 2 is 1.82 bits per heavy atom. The van der Waals surface area contributed by atoms with E-state index >= 15 is 0 Å². The van der Waals surface area contributed by atoms with Crippen LogP contribution in [0, 0.1) is 0 Å². The van der Waals surface area contributed by atoms with E-state index in [9.17, 15) is 18.0 Å². The van der Waals surface area contributed by atoms with Crippen LogP contribution in [0.3, 0.4) is 0 Å². The van der Waals surface area contributed by atoms with Crippen molar-refractivity contribution in [1.82, 2.24) is 15.0 Å². The molecular weight excluding hydrogens is 235 g/mol. The van der Waals surface area contributed by atoms with Crippen LogP contribution in [0.4, 0.5) is 13.2 Å². The normalized spacial score (nSPS) is 11.5. The fraction of sp³-hybridized carbons (Fsp3) is 0.100. The van der Waals surface area contributed by atoms with Crippen LogP contribution >= 0.6 is 0 Å². The second kappa shape index (κ2) is 4.00. The number of alkyl halides is 3. The smallest absolute Gasteiger partial charge is 0.313 e. The van der Waals surface area contributed by atoms with E-state index in [0.29, 0.717) is 0 Å². The first-order valence-corrected chi connectivity index (χ1v) is 4.54. The number of aromatic amines is 1. The number of rotatable bonds is 1. The summed E-state index contributed by atoms with van der Waals surface area (Å²) >= 11 is 0. The molecule has 7 heteroatoms. The monoisotopic (exact) mass is 241 g/mol. The molecule has 88 valence electrons. The van der Waals surface area contributed by atoms with Crippen molar-refractivity contribution in [3.8, 4) is 11.1 Å². The van der Waals surface area contributed by atoms with Gasteiger partial charge in [-0.05, 0) is 6.07 Å². The Hall–Kier alpha value is -2.18. The summed E-state index contributed by atoms with van der Waals surface area (Å²) in [5, 5.41) is 0. The third-order valence-corrected chi connectivity index (χ3v) is 2.14. The zero-order valence-electron chi connectivity index (χ0n) is 8.32. The first-order chi connectivity index (χ1) is 8.00. The summed E-state index contributed by atoms with van der Waals surface area (Å²) in [6.07, 6.45) is -0.340. The lowest BCUT2D eigenvalue weighted by atomic mass is 10.0. The summed E-state index contributed by atoms with van der Waals surface area (Å²) in [6.45, 7) is 0. The number of hydrogen-bond acceptors (Lipinski definition) is 3. The van der Waals surface area contributed by atoms with Gasteiger partial charge in [-0.25, -0.2) is 4.98 Å². The van der Waals surface area contributed by atoms with Gasteiger partial charge in [0.1, 0.15) is 0 Å². The minimum atomic E-state index is -4.54. The third-order valence-electron chi connectivity index (χ3n) is 2.14. The molecule has 0 spiro atoms. The van der Waals surface area contributed by atoms with Gasteiger partial charge in [0, 0.05) is 24.2 Å². The Bertz CT molecular complexity index is 592. The Morgan fingerprint density at radius 1 is 1.12 bits per heavy atom. The number of nitrogens with zero attached hydrogens (tertiary/aromatic N) is 2. The Morgan fingerprint density at radius 3 is 2.47 bits per heavy atom. The van der Waals surface area contributed by atoms with E-state index in [2.05, 4.69) is 15.0 Å². The number of pyridine rings is 1. The predicted octanol–water partition coefficient (Wildman–Crippen LogP) is 1.85. The molecule has 1 N–H and O–H groups in total. The van der Waals surface area contributed by atoms with E-state index in [4.69, 9.17) is 0 Å². The van der Waals surface area contributed by atoms with Crippen LogP contribution in [0.2, 0.25) is 0 Å². The highest BCUT2D eigenvalue weighted by Crippen LogP contribution is 2.34. The first-order valence-electron chi connectivity index (χ1n) is 4.54. The maximum absolute atomic E-state index is 12.7. The van der Waals surface area contributed by atoms with Crippen molar-refractivity contribution in [2.45, 2.75) is 6.18 Å². The second-order valence-corrected chi connectivity index (χ2v) is 3.21. The van der Waals surface area contributed by atoms with Crippen molar-refractivity contribution < 1.29 is 13.2 Å². The summed E-state index contributed by atoms with van der Waals surface area (Å²) in [6, 6.07) is 0.821. The molecule has 0 saturated heterocycles. The number of aromatic nitrogens is 3. The van der Waals surface area contributed by atoms with Crippen LogP contribution < -0.4 is 5.56 Å². The molecule has 0 atom stereocenters. The van der Waals surface area contributed by atoms with E-state index in [1.807, 2.05) is 0 Å². The summed E-state index contributed by atoms with van der Waals surface area (Å²) in [5.74, 6) is 0. The Labute approximate surface area is 93.2 Å². The van der Waals surface area contributed by atoms with Crippen molar-refractivity contribution in [3.63, 3.8) is 0 Å². The van der Waals surface area contributed by atoms with Crippen LogP contribution in [0.5, 0.6) is 0 Å². The maximum Gasteiger partial charge on any atom is 0.417 e. The molecular formula is C10H6F3N3O. The molecule has 0 aliphatic rings. The molecule has 2 aromatic rings. The number of hydrogen-bond donors (Lipinski definition) is 1. The van der Waals surface area contributed by atoms with Crippen molar-refractivity contribution in [3.05, 3.63) is 46.9 Å². The fourth-order valence-electron chi connectivity index (χ4n) is 1.39. The average Bonchev–Trinajstić information content (AvgIpc) is 2.28. The highest BCUT2D eigenvalue weighted by atomic mass is 19.4. The number of H-pyrrole nitrogens is 1. The van der Waals surface area contributed by atoms with Crippen molar-refractivity contribution in [2.75, 3.05) is 0 Å². The lowest BCUT2D eigenvalue weighted by Crippen LogP contribution is -2.13. The van der Waals surface area contributed by atoms with E-state index in [1.165, 1.54) is 0 Å². The molecule has 0 aliphatic carbocycles. The van der Waals surface area contributed by atoms with Gasteiger partial charge in [0.2, 0.25) is 0 Å². The standard InChI is InChI=1S/C10H6F3N3O/c11-10(12,13)8-1-2-14-3-6(8)7-4-15-5-16-9(7)17/h1-5H,(H,15,16,17). The predicted molar refractivity (Wildman–Crippen MR) is 53.1 cm³/mol. The molecule has 2 rings (SSSR count). The summed E-state index contributed by atoms with van der Waals surface area (Å²) < 4.78 is 38.1. The summed E-state index contributed by atoms with van der Waals surface area (Å²) in [5.41, 5.74) is -1.99. The number of nitrogens with one attached hydrogen (secondary N) is 1. The van der Waals surface area contributed by atoms with Crippen LogP contribution in [-0.4, -0.2) is 15.0 Å². The zero-order chi connectivity index (χ0) is 12.5. The SMILES string of the molecule is O=c1[nH]cncc1-c1cnccc1C(F)(F)F.